The van der Waals surface area contributed by atoms with Gasteiger partial charge in [-0.3, -0.25) is 14.4 Å². The number of carbonyl (C=O) groups excluding carboxylic acids is 3. The number of benzene rings is 1. The fourth-order valence-electron chi connectivity index (χ4n) is 2.22. The van der Waals surface area contributed by atoms with Crippen molar-refractivity contribution >= 4 is 40.9 Å². The van der Waals surface area contributed by atoms with E-state index in [1.165, 1.54) is 23.5 Å². The molecule has 0 amide bonds. The molecule has 1 aromatic rings. The van der Waals surface area contributed by atoms with E-state index in [-0.39, 0.29) is 16.7 Å². The molecule has 2 aliphatic rings. The molecule has 0 radical (unpaired) electrons. The lowest BCUT2D eigenvalue weighted by molar-refractivity contribution is -0.274. The van der Waals surface area contributed by atoms with Gasteiger partial charge in [0.15, 0.2) is 5.78 Å². The first-order valence-corrected chi connectivity index (χ1v) is 8.28. The number of hydrogen-bond acceptors (Lipinski definition) is 6. The Bertz CT molecular complexity index is 760. The molecule has 120 valence electrons. The van der Waals surface area contributed by atoms with Crippen molar-refractivity contribution in [3.8, 4) is 5.75 Å². The van der Waals surface area contributed by atoms with Crippen molar-refractivity contribution in [1.82, 2.24) is 0 Å². The summed E-state index contributed by atoms with van der Waals surface area (Å²) in [6, 6.07) is 2.80. The Morgan fingerprint density at radius 2 is 1.57 bits per heavy atom. The number of carbonyl (C=O) groups is 3. The van der Waals surface area contributed by atoms with E-state index in [1.54, 1.807) is 0 Å². The minimum atomic E-state index is -4.93. The van der Waals surface area contributed by atoms with Crippen LogP contribution < -0.4 is 4.74 Å². The minimum Gasteiger partial charge on any atom is -0.406 e. The lowest BCUT2D eigenvalue weighted by Crippen LogP contribution is -2.30. The van der Waals surface area contributed by atoms with Crippen molar-refractivity contribution in [2.75, 3.05) is 11.5 Å². The van der Waals surface area contributed by atoms with E-state index in [0.717, 1.165) is 29.7 Å². The molecule has 1 fully saturated rings. The predicted octanol–water partition coefficient (Wildman–Crippen LogP) is 3.22. The van der Waals surface area contributed by atoms with Crippen LogP contribution in [0.1, 0.15) is 20.7 Å². The van der Waals surface area contributed by atoms with E-state index >= 15 is 0 Å². The van der Waals surface area contributed by atoms with Crippen molar-refractivity contribution in [2.45, 2.75) is 6.36 Å². The number of allylic oxidation sites excluding steroid dienone is 1. The second kappa shape index (κ2) is 5.72. The van der Waals surface area contributed by atoms with Gasteiger partial charge in [0.25, 0.3) is 0 Å². The van der Waals surface area contributed by atoms with Gasteiger partial charge in [-0.1, -0.05) is 0 Å². The first kappa shape index (κ1) is 16.1. The molecule has 0 bridgehead atoms. The molecule has 23 heavy (non-hydrogen) atoms. The van der Waals surface area contributed by atoms with Crippen LogP contribution in [0.5, 0.6) is 5.75 Å². The van der Waals surface area contributed by atoms with Gasteiger partial charge in [-0.15, -0.1) is 36.7 Å². The van der Waals surface area contributed by atoms with Gasteiger partial charge in [-0.25, -0.2) is 0 Å². The summed E-state index contributed by atoms with van der Waals surface area (Å²) in [4.78, 5) is 36.8. The maximum absolute atomic E-state index is 12.4. The normalized spacial score (nSPS) is 18.5. The maximum Gasteiger partial charge on any atom is 0.573 e. The van der Waals surface area contributed by atoms with Gasteiger partial charge >= 0.3 is 6.36 Å². The van der Waals surface area contributed by atoms with Gasteiger partial charge in [-0.2, -0.15) is 0 Å². The van der Waals surface area contributed by atoms with E-state index in [9.17, 15) is 27.6 Å². The molecule has 3 rings (SSSR count). The number of thioether (sulfide) groups is 2. The Morgan fingerprint density at radius 1 is 0.913 bits per heavy atom. The zero-order chi connectivity index (χ0) is 16.8. The van der Waals surface area contributed by atoms with Gasteiger partial charge in [0.1, 0.15) is 5.75 Å². The van der Waals surface area contributed by atoms with E-state index in [1.807, 2.05) is 0 Å². The standard InChI is InChI=1S/C14H7F3O4S2/c15-14(16,17)21-6-1-2-7-8(5-6)11(19)12(20)9(10(7)18)13-22-3-4-23-13/h1-2,5H,3-4H2. The molecule has 0 saturated carbocycles. The molecule has 0 N–H and O–H groups in total. The van der Waals surface area contributed by atoms with E-state index in [0.29, 0.717) is 4.24 Å². The second-order valence-electron chi connectivity index (χ2n) is 4.60. The SMILES string of the molecule is O=C1C(=O)c2cc(OC(F)(F)F)ccc2C(=O)C1=C1SCCS1. The van der Waals surface area contributed by atoms with Crippen LogP contribution >= 0.6 is 23.5 Å². The number of fused-ring (bicyclic) bond motifs is 1. The highest BCUT2D eigenvalue weighted by atomic mass is 32.2. The van der Waals surface area contributed by atoms with Crippen molar-refractivity contribution in [3.63, 3.8) is 0 Å². The molecular weight excluding hydrogens is 353 g/mol. The largest absolute Gasteiger partial charge is 0.573 e. The van der Waals surface area contributed by atoms with E-state index in [2.05, 4.69) is 4.74 Å². The Kier molecular flexibility index (Phi) is 4.01. The fraction of sp³-hybridized carbons (Fsp3) is 0.214. The first-order chi connectivity index (χ1) is 10.8. The molecule has 1 aromatic carbocycles. The molecule has 1 heterocycles. The summed E-state index contributed by atoms with van der Waals surface area (Å²) >= 11 is 2.64. The summed E-state index contributed by atoms with van der Waals surface area (Å²) in [5.74, 6) is -1.82. The number of Topliss-reactive ketones (excluding diaryl/α,β-unsaturated/α-hetero) is 3. The monoisotopic (exact) mass is 360 g/mol. The molecule has 0 atom stereocenters. The molecule has 0 unspecified atom stereocenters. The number of alkyl halides is 3. The Hall–Kier alpha value is -1.74. The van der Waals surface area contributed by atoms with Gasteiger partial charge in [0.05, 0.1) is 9.81 Å². The summed E-state index contributed by atoms with van der Waals surface area (Å²) in [6.07, 6.45) is -4.93. The molecule has 1 aliphatic heterocycles. The highest BCUT2D eigenvalue weighted by molar-refractivity contribution is 8.25. The summed E-state index contributed by atoms with van der Waals surface area (Å²) < 4.78 is 40.9. The predicted molar refractivity (Wildman–Crippen MR) is 78.7 cm³/mol. The quantitative estimate of drug-likeness (QED) is 0.435. The average molecular weight is 360 g/mol. The number of rotatable bonds is 1. The lowest BCUT2D eigenvalue weighted by atomic mass is 9.85. The van der Waals surface area contributed by atoms with Crippen molar-refractivity contribution in [2.24, 2.45) is 0 Å². The Labute approximate surface area is 136 Å². The van der Waals surface area contributed by atoms with E-state index in [4.69, 9.17) is 0 Å². The van der Waals surface area contributed by atoms with Crippen LogP contribution in [-0.4, -0.2) is 35.2 Å². The molecule has 4 nitrogen and oxygen atoms in total. The van der Waals surface area contributed by atoms with Crippen LogP contribution in [-0.2, 0) is 4.79 Å². The second-order valence-corrected chi connectivity index (χ2v) is 7.07. The first-order valence-electron chi connectivity index (χ1n) is 6.31. The number of ketones is 3. The summed E-state index contributed by atoms with van der Waals surface area (Å²) in [7, 11) is 0. The molecule has 0 spiro atoms. The van der Waals surface area contributed by atoms with Crippen molar-refractivity contribution < 1.29 is 32.3 Å². The zero-order valence-electron chi connectivity index (χ0n) is 11.2. The average Bonchev–Trinajstić information content (AvgIpc) is 2.97. The van der Waals surface area contributed by atoms with Gasteiger partial charge in [0, 0.05) is 22.6 Å². The zero-order valence-corrected chi connectivity index (χ0v) is 12.9. The summed E-state index contributed by atoms with van der Waals surface area (Å²) in [6.45, 7) is 0. The van der Waals surface area contributed by atoms with Gasteiger partial charge in [0.2, 0.25) is 11.6 Å². The fourth-order valence-corrected chi connectivity index (χ4v) is 4.75. The van der Waals surface area contributed by atoms with Gasteiger partial charge in [-0.05, 0) is 18.2 Å². The molecule has 1 aliphatic carbocycles. The van der Waals surface area contributed by atoms with Crippen LogP contribution in [0.25, 0.3) is 0 Å². The molecule has 1 saturated heterocycles. The third-order valence-electron chi connectivity index (χ3n) is 3.13. The number of hydrogen-bond donors (Lipinski definition) is 0. The number of ether oxygens (including phenoxy) is 1. The van der Waals surface area contributed by atoms with Crippen LogP contribution in [0.3, 0.4) is 0 Å². The van der Waals surface area contributed by atoms with E-state index < -0.39 is 29.5 Å². The molecule has 9 heteroatoms. The highest BCUT2D eigenvalue weighted by Gasteiger charge is 2.39. The Morgan fingerprint density at radius 3 is 2.17 bits per heavy atom. The van der Waals surface area contributed by atoms with Crippen LogP contribution in [0.15, 0.2) is 28.0 Å². The number of halogens is 3. The lowest BCUT2D eigenvalue weighted by Gasteiger charge is -2.18. The van der Waals surface area contributed by atoms with Crippen LogP contribution in [0.2, 0.25) is 0 Å². The topological polar surface area (TPSA) is 60.4 Å². The smallest absolute Gasteiger partial charge is 0.406 e. The van der Waals surface area contributed by atoms with Crippen LogP contribution in [0, 0.1) is 0 Å². The highest BCUT2D eigenvalue weighted by Crippen LogP contribution is 2.41. The minimum absolute atomic E-state index is 0.0836. The van der Waals surface area contributed by atoms with Crippen LogP contribution in [0.4, 0.5) is 13.2 Å². The third kappa shape index (κ3) is 3.02. The van der Waals surface area contributed by atoms with Crippen molar-refractivity contribution in [1.29, 1.82) is 0 Å². The maximum atomic E-state index is 12.4. The summed E-state index contributed by atoms with van der Waals surface area (Å²) in [5, 5.41) is 0. The molecule has 0 aromatic heterocycles. The Balaban J connectivity index is 2.07. The van der Waals surface area contributed by atoms with Crippen molar-refractivity contribution in [3.05, 3.63) is 39.1 Å². The summed E-state index contributed by atoms with van der Waals surface area (Å²) in [5.41, 5.74) is -0.627. The van der Waals surface area contributed by atoms with Gasteiger partial charge < -0.3 is 4.74 Å². The molecular formula is C14H7F3O4S2. The third-order valence-corrected chi connectivity index (χ3v) is 5.84.